The number of methoxy groups -OCH3 is 3. The van der Waals surface area contributed by atoms with E-state index in [9.17, 15) is 18.0 Å². The number of amides is 1. The summed E-state index contributed by atoms with van der Waals surface area (Å²) >= 11 is 0. The predicted octanol–water partition coefficient (Wildman–Crippen LogP) is 2.53. The molecule has 0 bridgehead atoms. The summed E-state index contributed by atoms with van der Waals surface area (Å²) in [6, 6.07) is 11.0. The number of esters is 1. The van der Waals surface area contributed by atoms with Crippen LogP contribution in [0.15, 0.2) is 47.4 Å². The van der Waals surface area contributed by atoms with Gasteiger partial charge in [-0.2, -0.15) is 0 Å². The maximum atomic E-state index is 12.5. The molecule has 168 valence electrons. The zero-order valence-corrected chi connectivity index (χ0v) is 18.7. The standard InChI is InChI=1S/C21H26N2O7S/c1-23(31(26,27)15-9-6-5-7-10-15)12-8-11-20(24)22-17-14-19(29-3)18(28-2)13-16(17)21(25)30-4/h5-7,9-10,13-14H,8,11-12H2,1-4H3,(H,22,24). The van der Waals surface area contributed by atoms with Crippen molar-refractivity contribution in [3.05, 3.63) is 48.0 Å². The van der Waals surface area contributed by atoms with Gasteiger partial charge in [-0.15, -0.1) is 0 Å². The number of anilines is 1. The van der Waals surface area contributed by atoms with Gasteiger partial charge in [0.1, 0.15) is 0 Å². The molecule has 0 atom stereocenters. The van der Waals surface area contributed by atoms with Gasteiger partial charge in [-0.1, -0.05) is 18.2 Å². The Hall–Kier alpha value is -3.11. The van der Waals surface area contributed by atoms with Gasteiger partial charge in [0.05, 0.1) is 37.5 Å². The molecule has 2 aromatic carbocycles. The summed E-state index contributed by atoms with van der Waals surface area (Å²) < 4.78 is 41.4. The number of hydrogen-bond acceptors (Lipinski definition) is 7. The lowest BCUT2D eigenvalue weighted by molar-refractivity contribution is -0.116. The van der Waals surface area contributed by atoms with Gasteiger partial charge in [-0.05, 0) is 18.6 Å². The zero-order chi connectivity index (χ0) is 23.0. The minimum Gasteiger partial charge on any atom is -0.493 e. The van der Waals surface area contributed by atoms with Gasteiger partial charge in [0.2, 0.25) is 15.9 Å². The van der Waals surface area contributed by atoms with Crippen molar-refractivity contribution in [2.75, 3.05) is 40.2 Å². The molecule has 31 heavy (non-hydrogen) atoms. The molecule has 0 fully saturated rings. The number of carbonyl (C=O) groups is 2. The van der Waals surface area contributed by atoms with Crippen molar-refractivity contribution >= 4 is 27.6 Å². The predicted molar refractivity (Wildman–Crippen MR) is 115 cm³/mol. The monoisotopic (exact) mass is 450 g/mol. The lowest BCUT2D eigenvalue weighted by Gasteiger charge is -2.17. The van der Waals surface area contributed by atoms with Crippen LogP contribution in [0, 0.1) is 0 Å². The number of nitrogens with zero attached hydrogens (tertiary/aromatic N) is 1. The highest BCUT2D eigenvalue weighted by Crippen LogP contribution is 2.33. The lowest BCUT2D eigenvalue weighted by Crippen LogP contribution is -2.28. The van der Waals surface area contributed by atoms with E-state index in [0.29, 0.717) is 11.5 Å². The molecule has 0 saturated carbocycles. The Balaban J connectivity index is 2.05. The van der Waals surface area contributed by atoms with Crippen molar-refractivity contribution in [1.82, 2.24) is 4.31 Å². The second-order valence-corrected chi connectivity index (χ2v) is 8.58. The summed E-state index contributed by atoms with van der Waals surface area (Å²) in [5.41, 5.74) is 0.317. The first-order valence-corrected chi connectivity index (χ1v) is 10.8. The van der Waals surface area contributed by atoms with Crippen LogP contribution >= 0.6 is 0 Å². The summed E-state index contributed by atoms with van der Waals surface area (Å²) in [4.78, 5) is 24.7. The number of nitrogens with one attached hydrogen (secondary N) is 1. The number of rotatable bonds is 10. The van der Waals surface area contributed by atoms with Crippen LogP contribution in [0.5, 0.6) is 11.5 Å². The molecule has 0 aliphatic carbocycles. The molecular weight excluding hydrogens is 424 g/mol. The van der Waals surface area contributed by atoms with Gasteiger partial charge in [0.15, 0.2) is 11.5 Å². The Morgan fingerprint density at radius 2 is 1.61 bits per heavy atom. The Bertz CT molecular complexity index is 1020. The second-order valence-electron chi connectivity index (χ2n) is 6.54. The number of sulfonamides is 1. The Labute approximate surface area is 182 Å². The van der Waals surface area contributed by atoms with Crippen molar-refractivity contribution in [2.45, 2.75) is 17.7 Å². The van der Waals surface area contributed by atoms with Gasteiger partial charge >= 0.3 is 5.97 Å². The van der Waals surface area contributed by atoms with Crippen LogP contribution in [0.25, 0.3) is 0 Å². The summed E-state index contributed by atoms with van der Waals surface area (Å²) in [6.45, 7) is 0.153. The van der Waals surface area contributed by atoms with Crippen LogP contribution in [0.4, 0.5) is 5.69 Å². The van der Waals surface area contributed by atoms with Crippen molar-refractivity contribution in [3.8, 4) is 11.5 Å². The summed E-state index contributed by atoms with van der Waals surface area (Å²) in [7, 11) is 1.93. The quantitative estimate of drug-likeness (QED) is 0.554. The topological polar surface area (TPSA) is 111 Å². The van der Waals surface area contributed by atoms with Crippen LogP contribution in [0.1, 0.15) is 23.2 Å². The summed E-state index contributed by atoms with van der Waals surface area (Å²) in [5.74, 6) is -0.388. The Kier molecular flexibility index (Phi) is 8.40. The SMILES string of the molecule is COC(=O)c1cc(OC)c(OC)cc1NC(=O)CCCN(C)S(=O)(=O)c1ccccc1. The largest absolute Gasteiger partial charge is 0.493 e. The highest BCUT2D eigenvalue weighted by atomic mass is 32.2. The van der Waals surface area contributed by atoms with Crippen molar-refractivity contribution in [1.29, 1.82) is 0 Å². The van der Waals surface area contributed by atoms with E-state index in [4.69, 9.17) is 14.2 Å². The van der Waals surface area contributed by atoms with Crippen LogP contribution in [0.2, 0.25) is 0 Å². The van der Waals surface area contributed by atoms with Crippen molar-refractivity contribution in [3.63, 3.8) is 0 Å². The number of benzene rings is 2. The van der Waals surface area contributed by atoms with E-state index < -0.39 is 16.0 Å². The molecule has 9 nitrogen and oxygen atoms in total. The van der Waals surface area contributed by atoms with Gasteiger partial charge in [0.25, 0.3) is 0 Å². The van der Waals surface area contributed by atoms with Crippen LogP contribution in [-0.2, 0) is 19.6 Å². The third kappa shape index (κ3) is 5.96. The molecule has 1 amide bonds. The molecule has 0 radical (unpaired) electrons. The Morgan fingerprint density at radius 1 is 1.00 bits per heavy atom. The van der Waals surface area contributed by atoms with E-state index in [1.165, 1.54) is 56.9 Å². The fourth-order valence-electron chi connectivity index (χ4n) is 2.83. The molecule has 0 spiro atoms. The van der Waals surface area contributed by atoms with Crippen LogP contribution < -0.4 is 14.8 Å². The average molecular weight is 451 g/mol. The first-order chi connectivity index (χ1) is 14.7. The highest BCUT2D eigenvalue weighted by Gasteiger charge is 2.21. The summed E-state index contributed by atoms with van der Waals surface area (Å²) in [6.07, 6.45) is 0.332. The third-order valence-electron chi connectivity index (χ3n) is 4.53. The molecule has 2 aromatic rings. The minimum atomic E-state index is -3.62. The molecule has 0 heterocycles. The average Bonchev–Trinajstić information content (AvgIpc) is 2.78. The molecule has 0 saturated heterocycles. The molecule has 0 aromatic heterocycles. The second kappa shape index (κ2) is 10.8. The van der Waals surface area contributed by atoms with E-state index in [1.54, 1.807) is 18.2 Å². The fourth-order valence-corrected chi connectivity index (χ4v) is 4.06. The normalized spacial score (nSPS) is 11.1. The molecule has 1 N–H and O–H groups in total. The minimum absolute atomic E-state index is 0.0452. The first-order valence-electron chi connectivity index (χ1n) is 9.40. The maximum Gasteiger partial charge on any atom is 0.340 e. The van der Waals surface area contributed by atoms with Crippen LogP contribution in [0.3, 0.4) is 0 Å². The molecule has 0 aliphatic heterocycles. The molecule has 0 unspecified atom stereocenters. The molecule has 0 aliphatic rings. The summed E-state index contributed by atoms with van der Waals surface area (Å²) in [5, 5.41) is 2.65. The molecular formula is C21H26N2O7S. The van der Waals surface area contributed by atoms with E-state index >= 15 is 0 Å². The van der Waals surface area contributed by atoms with E-state index in [1.807, 2.05) is 0 Å². The molecule has 2 rings (SSSR count). The number of hydrogen-bond donors (Lipinski definition) is 1. The van der Waals surface area contributed by atoms with Crippen molar-refractivity contribution in [2.24, 2.45) is 0 Å². The highest BCUT2D eigenvalue weighted by molar-refractivity contribution is 7.89. The molecule has 10 heteroatoms. The Morgan fingerprint density at radius 3 is 2.19 bits per heavy atom. The smallest absolute Gasteiger partial charge is 0.340 e. The zero-order valence-electron chi connectivity index (χ0n) is 17.9. The third-order valence-corrected chi connectivity index (χ3v) is 6.40. The van der Waals surface area contributed by atoms with Gasteiger partial charge in [-0.25, -0.2) is 17.5 Å². The van der Waals surface area contributed by atoms with Crippen LogP contribution in [-0.4, -0.2) is 59.5 Å². The van der Waals surface area contributed by atoms with Gasteiger partial charge in [0, 0.05) is 32.1 Å². The number of ether oxygens (including phenoxy) is 3. The van der Waals surface area contributed by atoms with Gasteiger partial charge < -0.3 is 19.5 Å². The van der Waals surface area contributed by atoms with E-state index in [2.05, 4.69) is 5.32 Å². The first kappa shape index (κ1) is 24.2. The van der Waals surface area contributed by atoms with E-state index in [-0.39, 0.29) is 41.4 Å². The number of carbonyl (C=O) groups excluding carboxylic acids is 2. The fraction of sp³-hybridized carbons (Fsp3) is 0.333. The maximum absolute atomic E-state index is 12.5. The lowest BCUT2D eigenvalue weighted by atomic mass is 10.1. The van der Waals surface area contributed by atoms with Crippen molar-refractivity contribution < 1.29 is 32.2 Å². The van der Waals surface area contributed by atoms with Gasteiger partial charge in [-0.3, -0.25) is 4.79 Å². The van der Waals surface area contributed by atoms with E-state index in [0.717, 1.165) is 0 Å².